The van der Waals surface area contributed by atoms with Crippen molar-refractivity contribution < 1.29 is 24.2 Å². The summed E-state index contributed by atoms with van der Waals surface area (Å²) in [7, 11) is 6.63. The summed E-state index contributed by atoms with van der Waals surface area (Å²) in [5, 5.41) is 20.2. The van der Waals surface area contributed by atoms with Crippen molar-refractivity contribution in [3.8, 4) is 0 Å². The van der Waals surface area contributed by atoms with E-state index in [1.165, 1.54) is 6.20 Å². The van der Waals surface area contributed by atoms with Gasteiger partial charge in [0, 0.05) is 63.5 Å². The molecule has 0 radical (unpaired) electrons. The van der Waals surface area contributed by atoms with Gasteiger partial charge < -0.3 is 35.7 Å². The number of nitrogens with one attached hydrogen (secondary N) is 3. The number of nitrogens with zero attached hydrogens (tertiary/aromatic N) is 1. The number of hydrogen-bond acceptors (Lipinski definition) is 9. The van der Waals surface area contributed by atoms with Crippen molar-refractivity contribution >= 4 is 24.3 Å². The molecule has 0 spiro atoms. The van der Waals surface area contributed by atoms with Crippen LogP contribution in [0.1, 0.15) is 47.5 Å². The van der Waals surface area contributed by atoms with Gasteiger partial charge in [-0.1, -0.05) is 58.9 Å². The van der Waals surface area contributed by atoms with Gasteiger partial charge in [0.2, 0.25) is 5.91 Å². The van der Waals surface area contributed by atoms with Crippen molar-refractivity contribution in [2.24, 2.45) is 5.73 Å². The first-order valence-corrected chi connectivity index (χ1v) is 13.1. The number of ether oxygens (including phenoxy) is 2. The molecule has 1 fully saturated rings. The molecule has 0 aromatic rings. The van der Waals surface area contributed by atoms with Gasteiger partial charge in [0.05, 0.1) is 6.54 Å². The number of likely N-dealkylation sites (N-methyl/N-ethyl adjacent to an activating group) is 2. The van der Waals surface area contributed by atoms with Crippen LogP contribution in [0.2, 0.25) is 0 Å². The molecule has 1 amide bonds. The van der Waals surface area contributed by atoms with Crippen LogP contribution in [0.3, 0.4) is 0 Å². The number of aliphatic hydroxyl groups is 1. The molecule has 1 saturated heterocycles. The smallest absolute Gasteiger partial charge is 0.234 e. The van der Waals surface area contributed by atoms with Gasteiger partial charge in [0.1, 0.15) is 19.2 Å². The van der Waals surface area contributed by atoms with E-state index in [4.69, 9.17) is 26.9 Å². The minimum absolute atomic E-state index is 0.0470. The predicted molar refractivity (Wildman–Crippen MR) is 160 cm³/mol. The van der Waals surface area contributed by atoms with E-state index in [2.05, 4.69) is 27.3 Å². The molecular weight excluding hydrogens is 510 g/mol. The van der Waals surface area contributed by atoms with Gasteiger partial charge in [-0.05, 0) is 31.5 Å². The molecule has 11 heteroatoms. The van der Waals surface area contributed by atoms with Crippen LogP contribution in [0, 0.1) is 0 Å². The number of methoxy groups -OCH3 is 2. The minimum Gasteiger partial charge on any atom is -0.404 e. The molecule has 1 rings (SSSR count). The molecular formula is C27H54ClN5O5. The fourth-order valence-electron chi connectivity index (χ4n) is 2.99. The first-order chi connectivity index (χ1) is 18.3. The number of nitrogens with two attached hydrogens (primary N) is 1. The number of hydrogen-bond donors (Lipinski definition) is 5. The Morgan fingerprint density at radius 3 is 2.16 bits per heavy atom. The van der Waals surface area contributed by atoms with Gasteiger partial charge in [-0.3, -0.25) is 15.0 Å². The van der Waals surface area contributed by atoms with Gasteiger partial charge in [-0.25, -0.2) is 0 Å². The average Bonchev–Trinajstić information content (AvgIpc) is 3.42. The van der Waals surface area contributed by atoms with Gasteiger partial charge in [0.15, 0.2) is 0 Å². The van der Waals surface area contributed by atoms with E-state index >= 15 is 0 Å². The van der Waals surface area contributed by atoms with Gasteiger partial charge in [-0.15, -0.1) is 0 Å². The third-order valence-electron chi connectivity index (χ3n) is 4.68. The molecule has 10 nitrogen and oxygen atoms in total. The molecule has 6 N–H and O–H groups in total. The van der Waals surface area contributed by atoms with Gasteiger partial charge >= 0.3 is 0 Å². The van der Waals surface area contributed by atoms with Crippen molar-refractivity contribution in [1.29, 1.82) is 0 Å². The normalized spacial score (nSPS) is 17.4. The van der Waals surface area contributed by atoms with Crippen LogP contribution in [0.4, 0.5) is 0 Å². The Balaban J connectivity index is -0.000000572. The Kier molecular flexibility index (Phi) is 35.0. The maximum Gasteiger partial charge on any atom is 0.234 e. The lowest BCUT2D eigenvalue weighted by Gasteiger charge is -2.25. The Morgan fingerprint density at radius 1 is 1.21 bits per heavy atom. The van der Waals surface area contributed by atoms with Crippen LogP contribution in [0.5, 0.6) is 0 Å². The van der Waals surface area contributed by atoms with Crippen LogP contribution in [0.25, 0.3) is 0 Å². The highest BCUT2D eigenvalue weighted by Crippen LogP contribution is 2.13. The summed E-state index contributed by atoms with van der Waals surface area (Å²) in [6, 6.07) is 0.195. The van der Waals surface area contributed by atoms with Crippen molar-refractivity contribution in [3.05, 3.63) is 47.3 Å². The molecule has 224 valence electrons. The van der Waals surface area contributed by atoms with Crippen molar-refractivity contribution in [2.75, 3.05) is 48.0 Å². The van der Waals surface area contributed by atoms with E-state index in [0.29, 0.717) is 29.4 Å². The molecule has 1 aliphatic heterocycles. The Bertz CT molecular complexity index is 674. The van der Waals surface area contributed by atoms with E-state index in [0.717, 1.165) is 12.8 Å². The zero-order valence-electron chi connectivity index (χ0n) is 25.0. The Labute approximate surface area is 236 Å². The molecule has 0 aromatic heterocycles. The third-order valence-corrected chi connectivity index (χ3v) is 4.80. The van der Waals surface area contributed by atoms with Crippen molar-refractivity contribution in [3.63, 3.8) is 0 Å². The van der Waals surface area contributed by atoms with Crippen LogP contribution in [0.15, 0.2) is 47.3 Å². The van der Waals surface area contributed by atoms with E-state index in [1.807, 2.05) is 41.4 Å². The standard InChI is InChI=1S/C20H34ClN5O3.C2H6O.2C2H6.CH2O/c1-5-26(13-18(27)24-12-16-8-9-19(25-16)29-4)20(28)10-17(23-3)15(11-22)7-6-14(2)21;1-3-2;3*1-2/h6-7,10-11,16,19-20,23,25,28H,2,5,8-9,12-13,22H2,1,3-4H3,(H,24,27);1-2H3;2*1-2H3;1H2/b7-6-,15-11-,17-10-;;;;. The lowest BCUT2D eigenvalue weighted by Crippen LogP contribution is -2.46. The highest BCUT2D eigenvalue weighted by Gasteiger charge is 2.24. The maximum atomic E-state index is 12.3. The van der Waals surface area contributed by atoms with E-state index in [-0.39, 0.29) is 24.7 Å². The van der Waals surface area contributed by atoms with Crippen LogP contribution in [-0.4, -0.2) is 89.2 Å². The molecule has 0 bridgehead atoms. The summed E-state index contributed by atoms with van der Waals surface area (Å²) >= 11 is 5.75. The second kappa shape index (κ2) is 31.0. The number of carbonyl (C=O) groups is 2. The average molecular weight is 564 g/mol. The fraction of sp³-hybridized carbons (Fsp3) is 0.630. The zero-order valence-corrected chi connectivity index (χ0v) is 25.7. The summed E-state index contributed by atoms with van der Waals surface area (Å²) in [6.45, 7) is 16.6. The first-order valence-electron chi connectivity index (χ1n) is 12.8. The fourth-order valence-corrected chi connectivity index (χ4v) is 3.06. The molecule has 1 heterocycles. The quantitative estimate of drug-likeness (QED) is 0.179. The monoisotopic (exact) mass is 563 g/mol. The van der Waals surface area contributed by atoms with Gasteiger partial charge in [-0.2, -0.15) is 0 Å². The van der Waals surface area contributed by atoms with E-state index in [9.17, 15) is 9.90 Å². The predicted octanol–water partition coefficient (Wildman–Crippen LogP) is 2.85. The highest BCUT2D eigenvalue weighted by atomic mass is 35.5. The number of amides is 1. The molecule has 1 aliphatic rings. The maximum absolute atomic E-state index is 12.3. The number of carbonyl (C=O) groups excluding carboxylic acids is 2. The molecule has 3 unspecified atom stereocenters. The van der Waals surface area contributed by atoms with Crippen molar-refractivity contribution in [1.82, 2.24) is 20.9 Å². The highest BCUT2D eigenvalue weighted by molar-refractivity contribution is 6.30. The first kappa shape index (κ1) is 42.9. The van der Waals surface area contributed by atoms with Gasteiger partial charge in [0.25, 0.3) is 0 Å². The molecule has 38 heavy (non-hydrogen) atoms. The number of allylic oxidation sites excluding steroid dienone is 3. The Morgan fingerprint density at radius 2 is 1.76 bits per heavy atom. The van der Waals surface area contributed by atoms with Crippen molar-refractivity contribution in [2.45, 2.75) is 66.0 Å². The summed E-state index contributed by atoms with van der Waals surface area (Å²) in [5.74, 6) is -0.152. The zero-order chi connectivity index (χ0) is 30.5. The minimum atomic E-state index is -0.974. The van der Waals surface area contributed by atoms with E-state index in [1.54, 1.807) is 51.5 Å². The second-order valence-corrected chi connectivity index (χ2v) is 7.57. The van der Waals surface area contributed by atoms with Crippen LogP contribution in [-0.2, 0) is 19.1 Å². The Hall–Kier alpha value is -2.21. The second-order valence-electron chi connectivity index (χ2n) is 7.09. The SMILES string of the molecule is C=C(Cl)\C=C/C(=C/N)C(=C/C(O)N(CC)CC(=O)NCC1CCC(OC)N1)/NC.C=O.CC.CC.COC. The number of rotatable bonds is 12. The molecule has 0 aromatic carbocycles. The lowest BCUT2D eigenvalue weighted by molar-refractivity contribution is -0.124. The molecule has 3 atom stereocenters. The summed E-state index contributed by atoms with van der Waals surface area (Å²) in [6.07, 6.45) is 7.24. The number of aliphatic hydroxyl groups excluding tert-OH is 1. The summed E-state index contributed by atoms with van der Waals surface area (Å²) < 4.78 is 9.51. The van der Waals surface area contributed by atoms with Crippen LogP contribution >= 0.6 is 11.6 Å². The van der Waals surface area contributed by atoms with Crippen LogP contribution < -0.4 is 21.7 Å². The topological polar surface area (TPSA) is 138 Å². The number of halogens is 1. The summed E-state index contributed by atoms with van der Waals surface area (Å²) in [4.78, 5) is 22.0. The molecule has 0 aliphatic carbocycles. The lowest BCUT2D eigenvalue weighted by atomic mass is 10.1. The molecule has 0 saturated carbocycles. The largest absolute Gasteiger partial charge is 0.404 e. The third kappa shape index (κ3) is 21.8. The van der Waals surface area contributed by atoms with E-state index < -0.39 is 6.23 Å². The summed E-state index contributed by atoms with van der Waals surface area (Å²) in [5.41, 5.74) is 6.92.